The maximum absolute atomic E-state index is 12.7. The third-order valence-corrected chi connectivity index (χ3v) is 4.85. The zero-order valence-corrected chi connectivity index (χ0v) is 11.9. The summed E-state index contributed by atoms with van der Waals surface area (Å²) in [5.74, 6) is 1.43. The molecule has 0 spiro atoms. The molecule has 1 N–H and O–H groups in total. The van der Waals surface area contributed by atoms with Crippen LogP contribution >= 0.6 is 0 Å². The molecule has 0 radical (unpaired) electrons. The Morgan fingerprint density at radius 2 is 1.48 bits per heavy atom. The van der Waals surface area contributed by atoms with Crippen LogP contribution in [-0.4, -0.2) is 18.4 Å². The van der Waals surface area contributed by atoms with Crippen LogP contribution in [-0.2, 0) is 4.79 Å². The fourth-order valence-corrected chi connectivity index (χ4v) is 3.61. The third-order valence-electron chi connectivity index (χ3n) is 4.85. The minimum Gasteiger partial charge on any atom is -0.306 e. The summed E-state index contributed by atoms with van der Waals surface area (Å²) in [4.78, 5) is 12.7. The minimum atomic E-state index is -0.0847. The summed E-state index contributed by atoms with van der Waals surface area (Å²) in [5, 5.41) is 3.51. The molecule has 3 atom stereocenters. The Labute approximate surface area is 125 Å². The lowest BCUT2D eigenvalue weighted by Gasteiger charge is -2.30. The zero-order valence-electron chi connectivity index (χ0n) is 11.9. The number of hydrogen-bond donors (Lipinski definition) is 1. The molecule has 3 unspecified atom stereocenters. The highest BCUT2D eigenvalue weighted by Gasteiger charge is 2.50. The Hall–Kier alpha value is -1.93. The van der Waals surface area contributed by atoms with Gasteiger partial charge >= 0.3 is 0 Å². The molecule has 2 nitrogen and oxygen atoms in total. The number of fused-ring (bicyclic) bond motifs is 1. The van der Waals surface area contributed by atoms with Crippen molar-refractivity contribution in [2.24, 2.45) is 11.8 Å². The smallest absolute Gasteiger partial charge is 0.154 e. The van der Waals surface area contributed by atoms with Crippen LogP contribution in [0.2, 0.25) is 0 Å². The first-order chi connectivity index (χ1) is 10.3. The van der Waals surface area contributed by atoms with Gasteiger partial charge in [-0.3, -0.25) is 4.79 Å². The molecule has 2 aliphatic rings. The van der Waals surface area contributed by atoms with Crippen LogP contribution < -0.4 is 5.32 Å². The van der Waals surface area contributed by atoms with Crippen LogP contribution in [0.3, 0.4) is 0 Å². The van der Waals surface area contributed by atoms with Gasteiger partial charge in [-0.1, -0.05) is 60.7 Å². The van der Waals surface area contributed by atoms with E-state index in [-0.39, 0.29) is 12.0 Å². The lowest BCUT2D eigenvalue weighted by Crippen LogP contribution is -2.47. The van der Waals surface area contributed by atoms with E-state index < -0.39 is 0 Å². The summed E-state index contributed by atoms with van der Waals surface area (Å²) in [6.45, 7) is 0.983. The van der Waals surface area contributed by atoms with Gasteiger partial charge in [-0.05, 0) is 30.0 Å². The van der Waals surface area contributed by atoms with E-state index in [1.165, 1.54) is 11.1 Å². The summed E-state index contributed by atoms with van der Waals surface area (Å²) >= 11 is 0. The van der Waals surface area contributed by atoms with E-state index in [0.717, 1.165) is 13.0 Å². The fourth-order valence-electron chi connectivity index (χ4n) is 3.61. The molecule has 0 aromatic heterocycles. The van der Waals surface area contributed by atoms with Gasteiger partial charge in [0.25, 0.3) is 0 Å². The van der Waals surface area contributed by atoms with Crippen LogP contribution in [0.25, 0.3) is 0 Å². The number of nitrogens with one attached hydrogen (secondary N) is 1. The molecule has 0 bridgehead atoms. The quantitative estimate of drug-likeness (QED) is 0.934. The topological polar surface area (TPSA) is 29.1 Å². The van der Waals surface area contributed by atoms with E-state index in [1.54, 1.807) is 0 Å². The summed E-state index contributed by atoms with van der Waals surface area (Å²) in [7, 11) is 0. The van der Waals surface area contributed by atoms with Gasteiger partial charge in [-0.25, -0.2) is 0 Å². The molecule has 1 saturated carbocycles. The monoisotopic (exact) mass is 277 g/mol. The van der Waals surface area contributed by atoms with Gasteiger partial charge in [0.15, 0.2) is 5.78 Å². The van der Waals surface area contributed by atoms with Crippen molar-refractivity contribution in [3.63, 3.8) is 0 Å². The predicted molar refractivity (Wildman–Crippen MR) is 83.1 cm³/mol. The standard InChI is InChI=1S/C19H19NO/c21-19-16-11-15(16)12-20-18(19)17(13-7-3-1-4-8-13)14-9-5-2-6-10-14/h1-10,15-18,20H,11-12H2. The number of hydrogen-bond acceptors (Lipinski definition) is 2. The molecule has 2 heteroatoms. The van der Waals surface area contributed by atoms with Crippen molar-refractivity contribution >= 4 is 5.78 Å². The van der Waals surface area contributed by atoms with E-state index in [9.17, 15) is 4.79 Å². The second kappa shape index (κ2) is 5.12. The largest absolute Gasteiger partial charge is 0.306 e. The van der Waals surface area contributed by atoms with Crippen molar-refractivity contribution in [2.45, 2.75) is 18.4 Å². The molecule has 1 saturated heterocycles. The molecule has 0 amide bonds. The lowest BCUT2D eigenvalue weighted by molar-refractivity contribution is -0.124. The van der Waals surface area contributed by atoms with Crippen LogP contribution in [0.1, 0.15) is 23.5 Å². The molecule has 2 aromatic carbocycles. The van der Waals surface area contributed by atoms with Crippen molar-refractivity contribution < 1.29 is 4.79 Å². The summed E-state index contributed by atoms with van der Waals surface area (Å²) in [6, 6.07) is 20.7. The van der Waals surface area contributed by atoms with Gasteiger partial charge in [0.2, 0.25) is 0 Å². The highest BCUT2D eigenvalue weighted by atomic mass is 16.1. The normalized spacial score (nSPS) is 27.5. The summed E-state index contributed by atoms with van der Waals surface area (Å²) in [6.07, 6.45) is 1.08. The van der Waals surface area contributed by atoms with E-state index >= 15 is 0 Å². The SMILES string of the molecule is O=C1C2CC2CNC1C(c1ccccc1)c1ccccc1. The Balaban J connectivity index is 1.75. The number of piperidine rings is 1. The van der Waals surface area contributed by atoms with Crippen molar-refractivity contribution in [3.8, 4) is 0 Å². The van der Waals surface area contributed by atoms with Crippen LogP contribution in [0, 0.1) is 11.8 Å². The van der Waals surface area contributed by atoms with Crippen molar-refractivity contribution in [1.29, 1.82) is 0 Å². The van der Waals surface area contributed by atoms with Gasteiger partial charge in [0.1, 0.15) is 0 Å². The summed E-state index contributed by atoms with van der Waals surface area (Å²) in [5.41, 5.74) is 2.43. The summed E-state index contributed by atoms with van der Waals surface area (Å²) < 4.78 is 0. The zero-order chi connectivity index (χ0) is 14.2. The predicted octanol–water partition coefficient (Wildman–Crippen LogP) is 3.00. The molecule has 4 rings (SSSR count). The van der Waals surface area contributed by atoms with Gasteiger partial charge < -0.3 is 5.32 Å². The molecular formula is C19H19NO. The highest BCUT2D eigenvalue weighted by Crippen LogP contribution is 2.45. The van der Waals surface area contributed by atoms with E-state index in [0.29, 0.717) is 17.6 Å². The molecule has 1 heterocycles. The Morgan fingerprint density at radius 1 is 0.905 bits per heavy atom. The van der Waals surface area contributed by atoms with E-state index in [1.807, 2.05) is 12.1 Å². The molecular weight excluding hydrogens is 258 g/mol. The first-order valence-corrected chi connectivity index (χ1v) is 7.71. The first kappa shape index (κ1) is 12.8. The number of rotatable bonds is 3. The molecule has 21 heavy (non-hydrogen) atoms. The maximum Gasteiger partial charge on any atom is 0.154 e. The Morgan fingerprint density at radius 3 is 2.05 bits per heavy atom. The van der Waals surface area contributed by atoms with E-state index in [4.69, 9.17) is 0 Å². The second-order valence-corrected chi connectivity index (χ2v) is 6.19. The van der Waals surface area contributed by atoms with Crippen molar-refractivity contribution in [1.82, 2.24) is 5.32 Å². The number of benzene rings is 2. The highest BCUT2D eigenvalue weighted by molar-refractivity contribution is 5.91. The van der Waals surface area contributed by atoms with Gasteiger partial charge in [0, 0.05) is 11.8 Å². The average Bonchev–Trinajstić information content (AvgIpc) is 3.33. The third kappa shape index (κ3) is 2.30. The van der Waals surface area contributed by atoms with E-state index in [2.05, 4.69) is 53.8 Å². The molecule has 2 aromatic rings. The number of ketones is 1. The molecule has 1 aliphatic carbocycles. The minimum absolute atomic E-state index is 0.0847. The number of Topliss-reactive ketones (excluding diaryl/α,β-unsaturated/α-hetero) is 1. The number of carbonyl (C=O) groups is 1. The molecule has 106 valence electrons. The average molecular weight is 277 g/mol. The Bertz CT molecular complexity index is 598. The maximum atomic E-state index is 12.7. The first-order valence-electron chi connectivity index (χ1n) is 7.71. The molecule has 1 aliphatic heterocycles. The van der Waals surface area contributed by atoms with Crippen molar-refractivity contribution in [3.05, 3.63) is 71.8 Å². The van der Waals surface area contributed by atoms with Gasteiger partial charge in [-0.15, -0.1) is 0 Å². The Kier molecular flexibility index (Phi) is 3.12. The van der Waals surface area contributed by atoms with Crippen LogP contribution in [0.15, 0.2) is 60.7 Å². The van der Waals surface area contributed by atoms with Crippen LogP contribution in [0.5, 0.6) is 0 Å². The van der Waals surface area contributed by atoms with Gasteiger partial charge in [-0.2, -0.15) is 0 Å². The lowest BCUT2D eigenvalue weighted by atomic mass is 9.81. The van der Waals surface area contributed by atoms with Crippen molar-refractivity contribution in [2.75, 3.05) is 6.54 Å². The fraction of sp³-hybridized carbons (Fsp3) is 0.316. The number of carbonyl (C=O) groups excluding carboxylic acids is 1. The van der Waals surface area contributed by atoms with Crippen LogP contribution in [0.4, 0.5) is 0 Å². The van der Waals surface area contributed by atoms with Gasteiger partial charge in [0.05, 0.1) is 6.04 Å². The second-order valence-electron chi connectivity index (χ2n) is 6.19. The molecule has 2 fully saturated rings.